The third-order valence-corrected chi connectivity index (χ3v) is 4.87. The van der Waals surface area contributed by atoms with Gasteiger partial charge in [0.2, 0.25) is 0 Å². The molecule has 0 radical (unpaired) electrons. The molecule has 1 aromatic heterocycles. The van der Waals surface area contributed by atoms with E-state index in [1.807, 2.05) is 27.7 Å². The average molecular weight is 370 g/mol. The van der Waals surface area contributed by atoms with Crippen LogP contribution in [0.15, 0.2) is 23.4 Å². The van der Waals surface area contributed by atoms with Crippen molar-refractivity contribution in [1.29, 1.82) is 0 Å². The van der Waals surface area contributed by atoms with Crippen LogP contribution in [0.5, 0.6) is 5.75 Å². The molecule has 0 saturated carbocycles. The summed E-state index contributed by atoms with van der Waals surface area (Å²) in [5.41, 5.74) is -0.515. The van der Waals surface area contributed by atoms with Gasteiger partial charge in [0, 0.05) is 24.8 Å². The van der Waals surface area contributed by atoms with Gasteiger partial charge in [-0.3, -0.25) is 0 Å². The second kappa shape index (κ2) is 7.19. The molecule has 0 bridgehead atoms. The Hall–Kier alpha value is -1.83. The Balaban J connectivity index is 1.89. The summed E-state index contributed by atoms with van der Waals surface area (Å²) in [6, 6.07) is 3.11. The van der Waals surface area contributed by atoms with E-state index in [1.165, 1.54) is 12.3 Å². The van der Waals surface area contributed by atoms with E-state index in [4.69, 9.17) is 9.47 Å². The maximum atomic E-state index is 12.2. The molecule has 0 aliphatic carbocycles. The zero-order valence-corrected chi connectivity index (χ0v) is 16.2. The molecule has 0 N–H and O–H groups in total. The molecule has 0 unspecified atom stereocenters. The first-order valence-corrected chi connectivity index (χ1v) is 10.1. The maximum Gasteiger partial charge on any atom is 0.410 e. The summed E-state index contributed by atoms with van der Waals surface area (Å²) in [6.07, 6.45) is 3.04. The third kappa shape index (κ3) is 5.59. The number of aromatic nitrogens is 1. The van der Waals surface area contributed by atoms with Crippen molar-refractivity contribution in [1.82, 2.24) is 9.88 Å². The summed E-state index contributed by atoms with van der Waals surface area (Å²) in [7, 11) is -3.31. The van der Waals surface area contributed by atoms with Crippen LogP contribution in [-0.2, 0) is 14.6 Å². The molecule has 0 spiro atoms. The lowest BCUT2D eigenvalue weighted by Gasteiger charge is -2.27. The van der Waals surface area contributed by atoms with Crippen LogP contribution in [-0.4, -0.2) is 55.4 Å². The number of carbonyl (C=O) groups excluding carboxylic acids is 1. The molecule has 1 fully saturated rings. The van der Waals surface area contributed by atoms with Gasteiger partial charge in [0.1, 0.15) is 11.4 Å². The number of carbonyl (C=O) groups is 1. The topological polar surface area (TPSA) is 85.8 Å². The smallest absolute Gasteiger partial charge is 0.410 e. The number of nitrogens with zero attached hydrogens (tertiary/aromatic N) is 2. The number of ether oxygens (including phenoxy) is 2. The Morgan fingerprint density at radius 2 is 2.04 bits per heavy atom. The third-order valence-electron chi connectivity index (χ3n) is 3.86. The maximum absolute atomic E-state index is 12.2. The van der Waals surface area contributed by atoms with Crippen molar-refractivity contribution in [2.45, 2.75) is 50.8 Å². The highest BCUT2D eigenvalue weighted by Crippen LogP contribution is 2.26. The van der Waals surface area contributed by atoms with Crippen LogP contribution in [0.4, 0.5) is 4.79 Å². The van der Waals surface area contributed by atoms with Crippen molar-refractivity contribution >= 4 is 15.9 Å². The van der Waals surface area contributed by atoms with Crippen molar-refractivity contribution in [3.8, 4) is 5.75 Å². The van der Waals surface area contributed by atoms with Crippen molar-refractivity contribution in [3.63, 3.8) is 0 Å². The largest absolute Gasteiger partial charge is 0.492 e. The molecule has 8 heteroatoms. The van der Waals surface area contributed by atoms with Crippen LogP contribution in [0.25, 0.3) is 0 Å². The van der Waals surface area contributed by atoms with Gasteiger partial charge in [-0.1, -0.05) is 0 Å². The molecular weight excluding hydrogens is 344 g/mol. The van der Waals surface area contributed by atoms with Gasteiger partial charge in [0.05, 0.1) is 12.8 Å². The SMILES string of the molecule is C[C@@H]1C[C@H](COc2ccc(S(C)(=O)=O)nc2)CN1C(=O)OC(C)(C)C. The molecule has 2 atom stereocenters. The fourth-order valence-electron chi connectivity index (χ4n) is 2.72. The molecule has 1 aromatic rings. The Labute approximate surface area is 149 Å². The van der Waals surface area contributed by atoms with Crippen LogP contribution in [0.1, 0.15) is 34.1 Å². The second-order valence-corrected chi connectivity index (χ2v) is 9.46. The predicted molar refractivity (Wildman–Crippen MR) is 93.4 cm³/mol. The molecule has 2 rings (SSSR count). The molecule has 25 heavy (non-hydrogen) atoms. The van der Waals surface area contributed by atoms with E-state index in [-0.39, 0.29) is 23.1 Å². The molecule has 140 valence electrons. The summed E-state index contributed by atoms with van der Waals surface area (Å²) in [4.78, 5) is 17.8. The first kappa shape index (κ1) is 19.5. The summed E-state index contributed by atoms with van der Waals surface area (Å²) >= 11 is 0. The zero-order valence-electron chi connectivity index (χ0n) is 15.4. The average Bonchev–Trinajstić information content (AvgIpc) is 2.84. The number of hydrogen-bond donors (Lipinski definition) is 0. The van der Waals surface area contributed by atoms with Crippen molar-refractivity contribution in [2.24, 2.45) is 5.92 Å². The molecule has 1 saturated heterocycles. The van der Waals surface area contributed by atoms with Gasteiger partial charge < -0.3 is 14.4 Å². The minimum atomic E-state index is -3.31. The Morgan fingerprint density at radius 3 is 2.56 bits per heavy atom. The molecule has 1 aliphatic heterocycles. The quantitative estimate of drug-likeness (QED) is 0.809. The van der Waals surface area contributed by atoms with E-state index >= 15 is 0 Å². The van der Waals surface area contributed by atoms with Gasteiger partial charge in [-0.25, -0.2) is 18.2 Å². The van der Waals surface area contributed by atoms with Crippen LogP contribution < -0.4 is 4.74 Å². The van der Waals surface area contributed by atoms with E-state index in [9.17, 15) is 13.2 Å². The van der Waals surface area contributed by atoms with Crippen molar-refractivity contribution in [3.05, 3.63) is 18.3 Å². The van der Waals surface area contributed by atoms with Crippen molar-refractivity contribution in [2.75, 3.05) is 19.4 Å². The van der Waals surface area contributed by atoms with E-state index in [0.717, 1.165) is 12.7 Å². The molecular formula is C17H26N2O5S. The van der Waals surface area contributed by atoms with Gasteiger partial charge in [-0.15, -0.1) is 0 Å². The van der Waals surface area contributed by atoms with E-state index in [2.05, 4.69) is 4.98 Å². The standard InChI is InChI=1S/C17H26N2O5S/c1-12-8-13(10-19(12)16(20)24-17(2,3)4)11-23-14-6-7-15(18-9-14)25(5,21)22/h6-7,9,12-13H,8,10-11H2,1-5H3/t12-,13+/m1/s1. The van der Waals surface area contributed by atoms with Crippen molar-refractivity contribution < 1.29 is 22.7 Å². The van der Waals surface area contributed by atoms with Crippen LogP contribution in [0.3, 0.4) is 0 Å². The normalized spacial score (nSPS) is 21.2. The molecule has 1 aliphatic rings. The van der Waals surface area contributed by atoms with Crippen LogP contribution >= 0.6 is 0 Å². The first-order valence-electron chi connectivity index (χ1n) is 8.24. The lowest BCUT2D eigenvalue weighted by atomic mass is 10.1. The minimum absolute atomic E-state index is 0.0189. The Morgan fingerprint density at radius 1 is 1.36 bits per heavy atom. The lowest BCUT2D eigenvalue weighted by Crippen LogP contribution is -2.39. The molecule has 0 aromatic carbocycles. The number of pyridine rings is 1. The summed E-state index contributed by atoms with van der Waals surface area (Å²) in [5, 5.41) is 0.0189. The Bertz CT molecular complexity index is 710. The number of sulfone groups is 1. The summed E-state index contributed by atoms with van der Waals surface area (Å²) < 4.78 is 33.9. The predicted octanol–water partition coefficient (Wildman–Crippen LogP) is 2.51. The van der Waals surface area contributed by atoms with Gasteiger partial charge in [0.25, 0.3) is 0 Å². The monoisotopic (exact) mass is 370 g/mol. The summed E-state index contributed by atoms with van der Waals surface area (Å²) in [6.45, 7) is 8.54. The number of amides is 1. The van der Waals surface area contributed by atoms with Crippen LogP contribution in [0, 0.1) is 5.92 Å². The fourth-order valence-corrected chi connectivity index (χ4v) is 3.28. The van der Waals surface area contributed by atoms with Gasteiger partial charge >= 0.3 is 6.09 Å². The second-order valence-electron chi connectivity index (χ2n) is 7.50. The first-order chi connectivity index (χ1) is 11.5. The van der Waals surface area contributed by atoms with E-state index < -0.39 is 15.4 Å². The minimum Gasteiger partial charge on any atom is -0.492 e. The highest BCUT2D eigenvalue weighted by atomic mass is 32.2. The van der Waals surface area contributed by atoms with Gasteiger partial charge in [-0.2, -0.15) is 0 Å². The molecule has 2 heterocycles. The number of hydrogen-bond acceptors (Lipinski definition) is 6. The Kier molecular flexibility index (Phi) is 5.61. The number of rotatable bonds is 4. The van der Waals surface area contributed by atoms with E-state index in [1.54, 1.807) is 11.0 Å². The molecule has 7 nitrogen and oxygen atoms in total. The summed E-state index contributed by atoms with van der Waals surface area (Å²) in [5.74, 6) is 0.702. The highest BCUT2D eigenvalue weighted by Gasteiger charge is 2.35. The fraction of sp³-hybridized carbons (Fsp3) is 0.647. The van der Waals surface area contributed by atoms with Gasteiger partial charge in [-0.05, 0) is 46.2 Å². The van der Waals surface area contributed by atoms with Crippen LogP contribution in [0.2, 0.25) is 0 Å². The van der Waals surface area contributed by atoms with Gasteiger partial charge in [0.15, 0.2) is 14.9 Å². The lowest BCUT2D eigenvalue weighted by molar-refractivity contribution is 0.0231. The zero-order chi connectivity index (χ0) is 18.8. The molecule has 1 amide bonds. The van der Waals surface area contributed by atoms with E-state index in [0.29, 0.717) is 18.9 Å². The number of likely N-dealkylation sites (tertiary alicyclic amines) is 1. The highest BCUT2D eigenvalue weighted by molar-refractivity contribution is 7.90.